The lowest BCUT2D eigenvalue weighted by Crippen LogP contribution is -2.16. The molecule has 88 valence electrons. The standard InChI is InChI=1S/C14H20O2/c1-11(2)12(3)14(16-10-9-15)13-7-5-4-6-8-13/h4-8,12,14-15H,1,9-10H2,2-3H3/t12-,14-/m1/s1. The molecular formula is C14H20O2. The molecule has 0 spiro atoms. The molecule has 0 aliphatic heterocycles. The van der Waals surface area contributed by atoms with Gasteiger partial charge >= 0.3 is 0 Å². The first kappa shape index (κ1) is 12.9. The molecule has 2 atom stereocenters. The average Bonchev–Trinajstić information content (AvgIpc) is 2.30. The monoisotopic (exact) mass is 220 g/mol. The molecule has 16 heavy (non-hydrogen) atoms. The van der Waals surface area contributed by atoms with Crippen molar-refractivity contribution in [3.8, 4) is 0 Å². The maximum Gasteiger partial charge on any atom is 0.0888 e. The molecule has 0 aliphatic carbocycles. The largest absolute Gasteiger partial charge is 0.394 e. The van der Waals surface area contributed by atoms with Crippen LogP contribution in [0.2, 0.25) is 0 Å². The van der Waals surface area contributed by atoms with Crippen molar-refractivity contribution in [2.45, 2.75) is 20.0 Å². The van der Waals surface area contributed by atoms with Gasteiger partial charge in [0.15, 0.2) is 0 Å². The van der Waals surface area contributed by atoms with Crippen LogP contribution in [0.1, 0.15) is 25.5 Å². The van der Waals surface area contributed by atoms with E-state index in [-0.39, 0.29) is 18.6 Å². The Labute approximate surface area is 97.6 Å². The summed E-state index contributed by atoms with van der Waals surface area (Å²) < 4.78 is 5.69. The van der Waals surface area contributed by atoms with Crippen molar-refractivity contribution in [2.24, 2.45) is 5.92 Å². The van der Waals surface area contributed by atoms with Gasteiger partial charge in [0.25, 0.3) is 0 Å². The summed E-state index contributed by atoms with van der Waals surface area (Å²) in [6.45, 7) is 8.47. The van der Waals surface area contributed by atoms with Crippen molar-refractivity contribution in [2.75, 3.05) is 13.2 Å². The molecule has 2 nitrogen and oxygen atoms in total. The molecular weight excluding hydrogens is 200 g/mol. The zero-order chi connectivity index (χ0) is 12.0. The van der Waals surface area contributed by atoms with Gasteiger partial charge in [0.05, 0.1) is 19.3 Å². The highest BCUT2D eigenvalue weighted by Gasteiger charge is 2.20. The third-order valence-corrected chi connectivity index (χ3v) is 2.75. The van der Waals surface area contributed by atoms with E-state index in [9.17, 15) is 0 Å². The number of ether oxygens (including phenoxy) is 1. The van der Waals surface area contributed by atoms with Gasteiger partial charge in [-0.05, 0) is 12.5 Å². The summed E-state index contributed by atoms with van der Waals surface area (Å²) in [7, 11) is 0. The molecule has 1 aromatic carbocycles. The quantitative estimate of drug-likeness (QED) is 0.747. The van der Waals surface area contributed by atoms with Gasteiger partial charge in [-0.2, -0.15) is 0 Å². The van der Waals surface area contributed by atoms with Crippen LogP contribution in [-0.2, 0) is 4.74 Å². The lowest BCUT2D eigenvalue weighted by Gasteiger charge is -2.25. The molecule has 0 saturated heterocycles. The Morgan fingerprint density at radius 3 is 2.50 bits per heavy atom. The molecule has 0 aromatic heterocycles. The number of aliphatic hydroxyl groups is 1. The molecule has 0 heterocycles. The van der Waals surface area contributed by atoms with Crippen LogP contribution in [0.15, 0.2) is 42.5 Å². The third-order valence-electron chi connectivity index (χ3n) is 2.75. The minimum Gasteiger partial charge on any atom is -0.394 e. The molecule has 1 N–H and O–H groups in total. The Morgan fingerprint density at radius 2 is 2.00 bits per heavy atom. The molecule has 0 unspecified atom stereocenters. The van der Waals surface area contributed by atoms with E-state index in [1.54, 1.807) is 0 Å². The highest BCUT2D eigenvalue weighted by molar-refractivity contribution is 5.20. The topological polar surface area (TPSA) is 29.5 Å². The van der Waals surface area contributed by atoms with E-state index in [2.05, 4.69) is 13.5 Å². The van der Waals surface area contributed by atoms with Crippen LogP contribution < -0.4 is 0 Å². The smallest absolute Gasteiger partial charge is 0.0888 e. The summed E-state index contributed by atoms with van der Waals surface area (Å²) in [5.74, 6) is 0.244. The first-order chi connectivity index (χ1) is 7.66. The molecule has 0 fully saturated rings. The van der Waals surface area contributed by atoms with E-state index < -0.39 is 0 Å². The van der Waals surface area contributed by atoms with E-state index in [0.29, 0.717) is 6.61 Å². The number of aliphatic hydroxyl groups excluding tert-OH is 1. The second kappa shape index (κ2) is 6.46. The van der Waals surface area contributed by atoms with Crippen LogP contribution in [-0.4, -0.2) is 18.3 Å². The first-order valence-corrected chi connectivity index (χ1v) is 5.59. The Hall–Kier alpha value is -1.12. The van der Waals surface area contributed by atoms with Crippen LogP contribution in [0.5, 0.6) is 0 Å². The van der Waals surface area contributed by atoms with Crippen molar-refractivity contribution in [3.63, 3.8) is 0 Å². The molecule has 0 amide bonds. The minimum absolute atomic E-state index is 0.0224. The fraction of sp³-hybridized carbons (Fsp3) is 0.429. The van der Waals surface area contributed by atoms with E-state index in [4.69, 9.17) is 9.84 Å². The Bertz CT molecular complexity index is 319. The highest BCUT2D eigenvalue weighted by atomic mass is 16.5. The number of benzene rings is 1. The molecule has 1 aromatic rings. The van der Waals surface area contributed by atoms with Gasteiger partial charge in [-0.15, -0.1) is 0 Å². The summed E-state index contributed by atoms with van der Waals surface area (Å²) in [5, 5.41) is 8.84. The maximum atomic E-state index is 8.84. The van der Waals surface area contributed by atoms with Crippen LogP contribution >= 0.6 is 0 Å². The Kier molecular flexibility index (Phi) is 5.23. The van der Waals surface area contributed by atoms with Crippen molar-refractivity contribution in [3.05, 3.63) is 48.0 Å². The zero-order valence-corrected chi connectivity index (χ0v) is 10.0. The lowest BCUT2D eigenvalue weighted by molar-refractivity contribution is 0.00575. The highest BCUT2D eigenvalue weighted by Crippen LogP contribution is 2.29. The molecule has 2 heteroatoms. The minimum atomic E-state index is -0.0224. The fourth-order valence-corrected chi connectivity index (χ4v) is 1.61. The summed E-state index contributed by atoms with van der Waals surface area (Å²) in [5.41, 5.74) is 2.22. The lowest BCUT2D eigenvalue weighted by atomic mass is 9.92. The predicted molar refractivity (Wildman–Crippen MR) is 66.2 cm³/mol. The molecule has 1 rings (SSSR count). The summed E-state index contributed by atoms with van der Waals surface area (Å²) >= 11 is 0. The molecule has 0 aliphatic rings. The Balaban J connectivity index is 2.83. The van der Waals surface area contributed by atoms with E-state index in [1.165, 1.54) is 0 Å². The zero-order valence-electron chi connectivity index (χ0n) is 10.0. The average molecular weight is 220 g/mol. The molecule has 0 bridgehead atoms. The normalized spacial score (nSPS) is 14.4. The van der Waals surface area contributed by atoms with Gasteiger partial charge in [0, 0.05) is 5.92 Å². The Morgan fingerprint density at radius 1 is 1.38 bits per heavy atom. The van der Waals surface area contributed by atoms with Crippen molar-refractivity contribution >= 4 is 0 Å². The van der Waals surface area contributed by atoms with Gasteiger partial charge in [0.1, 0.15) is 0 Å². The van der Waals surface area contributed by atoms with Crippen LogP contribution in [0.25, 0.3) is 0 Å². The van der Waals surface area contributed by atoms with E-state index >= 15 is 0 Å². The first-order valence-electron chi connectivity index (χ1n) is 5.59. The molecule has 0 saturated carbocycles. The van der Waals surface area contributed by atoms with E-state index in [0.717, 1.165) is 11.1 Å². The van der Waals surface area contributed by atoms with Gasteiger partial charge < -0.3 is 9.84 Å². The van der Waals surface area contributed by atoms with Crippen molar-refractivity contribution in [1.29, 1.82) is 0 Å². The number of hydrogen-bond donors (Lipinski definition) is 1. The van der Waals surface area contributed by atoms with Crippen molar-refractivity contribution < 1.29 is 9.84 Å². The summed E-state index contributed by atoms with van der Waals surface area (Å²) in [6, 6.07) is 10.1. The molecule has 0 radical (unpaired) electrons. The van der Waals surface area contributed by atoms with Crippen LogP contribution in [0, 0.1) is 5.92 Å². The van der Waals surface area contributed by atoms with Crippen molar-refractivity contribution in [1.82, 2.24) is 0 Å². The van der Waals surface area contributed by atoms with Gasteiger partial charge in [0.2, 0.25) is 0 Å². The number of rotatable bonds is 6. The van der Waals surface area contributed by atoms with Gasteiger partial charge in [-0.1, -0.05) is 49.4 Å². The predicted octanol–water partition coefficient (Wildman–Crippen LogP) is 2.95. The summed E-state index contributed by atoms with van der Waals surface area (Å²) in [6.07, 6.45) is -0.0224. The maximum absolute atomic E-state index is 8.84. The van der Waals surface area contributed by atoms with Crippen LogP contribution in [0.3, 0.4) is 0 Å². The fourth-order valence-electron chi connectivity index (χ4n) is 1.61. The van der Waals surface area contributed by atoms with Gasteiger partial charge in [-0.25, -0.2) is 0 Å². The third kappa shape index (κ3) is 3.47. The number of hydrogen-bond acceptors (Lipinski definition) is 2. The second-order valence-electron chi connectivity index (χ2n) is 4.06. The summed E-state index contributed by atoms with van der Waals surface area (Å²) in [4.78, 5) is 0. The van der Waals surface area contributed by atoms with E-state index in [1.807, 2.05) is 37.3 Å². The second-order valence-corrected chi connectivity index (χ2v) is 4.06. The SMILES string of the molecule is C=C(C)[C@@H](C)[C@@H](OCCO)c1ccccc1. The van der Waals surface area contributed by atoms with Gasteiger partial charge in [-0.3, -0.25) is 0 Å². The van der Waals surface area contributed by atoms with Crippen LogP contribution in [0.4, 0.5) is 0 Å².